The second-order valence-corrected chi connectivity index (χ2v) is 11.6. The third-order valence-electron chi connectivity index (χ3n) is 7.24. The normalized spacial score (nSPS) is 10.9. The van der Waals surface area contributed by atoms with E-state index >= 15 is 0 Å². The van der Waals surface area contributed by atoms with E-state index in [4.69, 9.17) is 18.9 Å². The van der Waals surface area contributed by atoms with Crippen molar-refractivity contribution in [3.63, 3.8) is 0 Å². The van der Waals surface area contributed by atoms with E-state index in [1.54, 1.807) is 31.0 Å². The topological polar surface area (TPSA) is 126 Å². The van der Waals surface area contributed by atoms with Crippen LogP contribution in [0.3, 0.4) is 0 Å². The average Bonchev–Trinajstić information content (AvgIpc) is 3.12. The van der Waals surface area contributed by atoms with Crippen LogP contribution in [0.5, 0.6) is 23.0 Å². The number of benzene rings is 5. The molecule has 0 unspecified atom stereocenters. The molecule has 1 amide bonds. The molecule has 0 aliphatic heterocycles. The van der Waals surface area contributed by atoms with Crippen molar-refractivity contribution in [2.75, 3.05) is 26.0 Å². The number of ether oxygens (including phenoxy) is 4. The number of nitrogens with one attached hydrogen (secondary N) is 1. The quantitative estimate of drug-likeness (QED) is 0.0323. The first-order valence-electron chi connectivity index (χ1n) is 14.9. The molecule has 0 saturated heterocycles. The van der Waals surface area contributed by atoms with Gasteiger partial charge < -0.3 is 24.3 Å². The molecule has 0 bridgehead atoms. The van der Waals surface area contributed by atoms with Gasteiger partial charge in [0.2, 0.25) is 0 Å². The molecule has 48 heavy (non-hydrogen) atoms. The molecule has 0 radical (unpaired) electrons. The summed E-state index contributed by atoms with van der Waals surface area (Å²) in [5, 5.41) is 13.7. The van der Waals surface area contributed by atoms with Gasteiger partial charge in [0, 0.05) is 24.4 Å². The Hall–Kier alpha value is -5.81. The van der Waals surface area contributed by atoms with Crippen LogP contribution in [0.1, 0.15) is 16.7 Å². The number of non-ortho nitro benzene ring substituents is 1. The standard InChI is InChI=1S/C37H32N2O8S/c1-44-31-16-12-29(13-17-31)37(27-8-4-2-5-9-27,28-10-6-3-7-11-28)48-25-24-38-35(40)26-45-32-20-22-34(23-21-32)47-36(41)46-33-18-14-30(15-19-33)39(42)43/h2-23H,24-26H2,1H3,(H,38,40). The Morgan fingerprint density at radius 2 is 1.17 bits per heavy atom. The van der Waals surface area contributed by atoms with Gasteiger partial charge in [-0.15, -0.1) is 11.8 Å². The summed E-state index contributed by atoms with van der Waals surface area (Å²) in [4.78, 5) is 35.0. The molecule has 244 valence electrons. The van der Waals surface area contributed by atoms with Gasteiger partial charge in [-0.25, -0.2) is 4.79 Å². The first-order valence-corrected chi connectivity index (χ1v) is 15.9. The molecule has 0 fully saturated rings. The lowest BCUT2D eigenvalue weighted by atomic mass is 9.84. The number of amides is 1. The highest BCUT2D eigenvalue weighted by molar-refractivity contribution is 8.00. The lowest BCUT2D eigenvalue weighted by molar-refractivity contribution is -0.384. The lowest BCUT2D eigenvalue weighted by Crippen LogP contribution is -2.32. The van der Waals surface area contributed by atoms with Crippen LogP contribution in [0.15, 0.2) is 133 Å². The van der Waals surface area contributed by atoms with Crippen molar-refractivity contribution in [2.24, 2.45) is 0 Å². The van der Waals surface area contributed by atoms with E-state index in [1.807, 2.05) is 48.5 Å². The van der Waals surface area contributed by atoms with Gasteiger partial charge >= 0.3 is 6.16 Å². The van der Waals surface area contributed by atoms with Gasteiger partial charge in [-0.05, 0) is 65.2 Å². The number of carbonyl (C=O) groups is 2. The SMILES string of the molecule is COc1ccc(C(SCCNC(=O)COc2ccc(OC(=O)Oc3ccc([N+](=O)[O-])cc3)cc2)(c2ccccc2)c2ccccc2)cc1. The Kier molecular flexibility index (Phi) is 11.3. The van der Waals surface area contributed by atoms with E-state index in [0.29, 0.717) is 18.0 Å². The number of nitro benzene ring substituents is 1. The average molecular weight is 665 g/mol. The molecule has 0 atom stereocenters. The predicted molar refractivity (Wildman–Crippen MR) is 183 cm³/mol. The predicted octanol–water partition coefficient (Wildman–Crippen LogP) is 7.40. The van der Waals surface area contributed by atoms with E-state index < -0.39 is 15.8 Å². The molecule has 1 N–H and O–H groups in total. The molecule has 0 aliphatic rings. The van der Waals surface area contributed by atoms with Crippen molar-refractivity contribution in [1.82, 2.24) is 5.32 Å². The smallest absolute Gasteiger partial charge is 0.497 e. The zero-order chi connectivity index (χ0) is 33.8. The Morgan fingerprint density at radius 1 is 0.688 bits per heavy atom. The van der Waals surface area contributed by atoms with E-state index in [9.17, 15) is 19.7 Å². The highest BCUT2D eigenvalue weighted by atomic mass is 32.2. The lowest BCUT2D eigenvalue weighted by Gasteiger charge is -2.35. The fraction of sp³-hybridized carbons (Fsp3) is 0.135. The maximum Gasteiger partial charge on any atom is 0.519 e. The fourth-order valence-corrected chi connectivity index (χ4v) is 6.39. The molecule has 0 saturated carbocycles. The minimum Gasteiger partial charge on any atom is -0.497 e. The minimum absolute atomic E-state index is 0.0986. The molecular formula is C37H32N2O8S. The third-order valence-corrected chi connectivity index (χ3v) is 8.79. The van der Waals surface area contributed by atoms with E-state index in [0.717, 1.165) is 22.4 Å². The highest BCUT2D eigenvalue weighted by Gasteiger charge is 2.36. The number of rotatable bonds is 14. The zero-order valence-corrected chi connectivity index (χ0v) is 26.8. The molecular weight excluding hydrogens is 632 g/mol. The number of hydrogen-bond acceptors (Lipinski definition) is 9. The summed E-state index contributed by atoms with van der Waals surface area (Å²) < 4.78 is 20.7. The Labute approximate surface area is 281 Å². The third kappa shape index (κ3) is 8.51. The number of methoxy groups -OCH3 is 1. The summed E-state index contributed by atoms with van der Waals surface area (Å²) in [6.45, 7) is 0.210. The first-order chi connectivity index (χ1) is 23.4. The molecule has 5 rings (SSSR count). The van der Waals surface area contributed by atoms with Crippen molar-refractivity contribution in [2.45, 2.75) is 4.75 Å². The largest absolute Gasteiger partial charge is 0.519 e. The second kappa shape index (κ2) is 16.1. The van der Waals surface area contributed by atoms with Crippen LogP contribution < -0.4 is 24.3 Å². The van der Waals surface area contributed by atoms with Crippen LogP contribution in [-0.2, 0) is 9.54 Å². The number of carbonyl (C=O) groups excluding carboxylic acids is 2. The molecule has 0 heterocycles. The van der Waals surface area contributed by atoms with E-state index in [2.05, 4.69) is 41.7 Å². The summed E-state index contributed by atoms with van der Waals surface area (Å²) in [6.07, 6.45) is -1.01. The van der Waals surface area contributed by atoms with Crippen molar-refractivity contribution in [3.05, 3.63) is 160 Å². The van der Waals surface area contributed by atoms with Crippen LogP contribution >= 0.6 is 11.8 Å². The summed E-state index contributed by atoms with van der Waals surface area (Å²) in [5.41, 5.74) is 3.20. The van der Waals surface area contributed by atoms with Crippen LogP contribution in [0.4, 0.5) is 10.5 Å². The molecule has 0 aromatic heterocycles. The van der Waals surface area contributed by atoms with Gasteiger partial charge in [-0.3, -0.25) is 14.9 Å². The summed E-state index contributed by atoms with van der Waals surface area (Å²) in [5.74, 6) is 1.80. The van der Waals surface area contributed by atoms with Gasteiger partial charge in [0.1, 0.15) is 23.0 Å². The van der Waals surface area contributed by atoms with Gasteiger partial charge in [0.05, 0.1) is 16.8 Å². The Balaban J connectivity index is 1.15. The van der Waals surface area contributed by atoms with Crippen molar-refractivity contribution in [1.29, 1.82) is 0 Å². The summed E-state index contributed by atoms with van der Waals surface area (Å²) in [6, 6.07) is 39.8. The van der Waals surface area contributed by atoms with Crippen LogP contribution in [-0.4, -0.2) is 43.0 Å². The van der Waals surface area contributed by atoms with E-state index in [-0.39, 0.29) is 29.7 Å². The number of hydrogen-bond donors (Lipinski definition) is 1. The summed E-state index contributed by atoms with van der Waals surface area (Å²) in [7, 11) is 1.65. The highest BCUT2D eigenvalue weighted by Crippen LogP contribution is 2.48. The maximum absolute atomic E-state index is 12.7. The van der Waals surface area contributed by atoms with Crippen LogP contribution in [0, 0.1) is 10.1 Å². The van der Waals surface area contributed by atoms with Crippen molar-refractivity contribution >= 4 is 29.5 Å². The molecule has 0 spiro atoms. The molecule has 10 nitrogen and oxygen atoms in total. The number of thioether (sulfide) groups is 1. The molecule has 5 aromatic rings. The van der Waals surface area contributed by atoms with Gasteiger partial charge in [0.15, 0.2) is 6.61 Å². The van der Waals surface area contributed by atoms with Gasteiger partial charge in [-0.1, -0.05) is 72.8 Å². The first kappa shape index (κ1) is 33.6. The van der Waals surface area contributed by atoms with Crippen LogP contribution in [0.25, 0.3) is 0 Å². The number of nitro groups is 1. The summed E-state index contributed by atoms with van der Waals surface area (Å²) >= 11 is 1.73. The van der Waals surface area contributed by atoms with Crippen molar-refractivity contribution in [3.8, 4) is 23.0 Å². The van der Waals surface area contributed by atoms with Crippen LogP contribution in [0.2, 0.25) is 0 Å². The molecule has 5 aromatic carbocycles. The molecule has 0 aliphatic carbocycles. The maximum atomic E-state index is 12.7. The monoisotopic (exact) mass is 664 g/mol. The Bertz CT molecular complexity index is 1760. The van der Waals surface area contributed by atoms with Crippen molar-refractivity contribution < 1.29 is 33.5 Å². The number of nitrogens with zero attached hydrogens (tertiary/aromatic N) is 1. The Morgan fingerprint density at radius 3 is 1.69 bits per heavy atom. The zero-order valence-electron chi connectivity index (χ0n) is 25.9. The van der Waals surface area contributed by atoms with Gasteiger partial charge in [-0.2, -0.15) is 0 Å². The van der Waals surface area contributed by atoms with Gasteiger partial charge in [0.25, 0.3) is 11.6 Å². The fourth-order valence-electron chi connectivity index (χ4n) is 4.97. The van der Waals surface area contributed by atoms with E-state index in [1.165, 1.54) is 36.4 Å². The second-order valence-electron chi connectivity index (χ2n) is 10.3. The minimum atomic E-state index is -1.01. The molecule has 11 heteroatoms.